The Morgan fingerprint density at radius 2 is 1.93 bits per heavy atom. The van der Waals surface area contributed by atoms with Crippen molar-refractivity contribution in [1.29, 1.82) is 0 Å². The van der Waals surface area contributed by atoms with Crippen molar-refractivity contribution in [2.24, 2.45) is 5.92 Å². The predicted octanol–water partition coefficient (Wildman–Crippen LogP) is 4.39. The van der Waals surface area contributed by atoms with E-state index in [-0.39, 0.29) is 0 Å². The molecule has 2 atom stereocenters. The fourth-order valence-corrected chi connectivity index (χ4v) is 1.80. The molecule has 0 aromatic heterocycles. The van der Waals surface area contributed by atoms with E-state index in [2.05, 4.69) is 56.8 Å². The zero-order chi connectivity index (χ0) is 10.4. The van der Waals surface area contributed by atoms with Crippen LogP contribution in [-0.2, 0) is 0 Å². The van der Waals surface area contributed by atoms with Crippen molar-refractivity contribution in [3.8, 4) is 0 Å². The van der Waals surface area contributed by atoms with Crippen LogP contribution in [0.25, 0.3) is 0 Å². The maximum absolute atomic E-state index is 3.88. The summed E-state index contributed by atoms with van der Waals surface area (Å²) in [7, 11) is 0. The molecule has 0 bridgehead atoms. The molecule has 1 aromatic rings. The normalized spacial score (nSPS) is 14.7. The van der Waals surface area contributed by atoms with Gasteiger partial charge in [-0.25, -0.2) is 0 Å². The van der Waals surface area contributed by atoms with Crippen molar-refractivity contribution in [3.05, 3.63) is 48.6 Å². The van der Waals surface area contributed by atoms with Crippen LogP contribution in [0.4, 0.5) is 0 Å². The second kappa shape index (κ2) is 5.64. The summed E-state index contributed by atoms with van der Waals surface area (Å²) in [5.41, 5.74) is 1.44. The molecule has 0 amide bonds. The van der Waals surface area contributed by atoms with Crippen LogP contribution in [0.5, 0.6) is 0 Å². The van der Waals surface area contributed by atoms with Crippen molar-refractivity contribution < 1.29 is 0 Å². The molecule has 0 aliphatic rings. The second-order valence-corrected chi connectivity index (χ2v) is 3.95. The highest BCUT2D eigenvalue weighted by atomic mass is 14.1. The van der Waals surface area contributed by atoms with Gasteiger partial charge in [-0.15, -0.1) is 6.58 Å². The average molecular weight is 188 g/mol. The van der Waals surface area contributed by atoms with E-state index in [9.17, 15) is 0 Å². The van der Waals surface area contributed by atoms with Gasteiger partial charge < -0.3 is 0 Å². The lowest BCUT2D eigenvalue weighted by atomic mass is 9.89. The molecule has 1 aromatic carbocycles. The quantitative estimate of drug-likeness (QED) is 0.601. The molecule has 0 saturated heterocycles. The van der Waals surface area contributed by atoms with Crippen LogP contribution in [0.2, 0.25) is 0 Å². The Balaban J connectivity index is 2.58. The fourth-order valence-electron chi connectivity index (χ4n) is 1.80. The van der Waals surface area contributed by atoms with E-state index in [4.69, 9.17) is 0 Å². The molecule has 0 aliphatic heterocycles. The molecule has 0 spiro atoms. The van der Waals surface area contributed by atoms with Gasteiger partial charge in [0.2, 0.25) is 0 Å². The first-order valence-corrected chi connectivity index (χ1v) is 5.45. The van der Waals surface area contributed by atoms with Gasteiger partial charge in [0, 0.05) is 0 Å². The first kappa shape index (κ1) is 11.0. The summed E-state index contributed by atoms with van der Waals surface area (Å²) >= 11 is 0. The first-order valence-electron chi connectivity index (χ1n) is 5.45. The molecule has 76 valence electrons. The lowest BCUT2D eigenvalue weighted by molar-refractivity contribution is 0.517. The van der Waals surface area contributed by atoms with Crippen LogP contribution < -0.4 is 0 Å². The van der Waals surface area contributed by atoms with Crippen LogP contribution in [0.1, 0.15) is 38.2 Å². The molecule has 0 N–H and O–H groups in total. The Morgan fingerprint density at radius 3 is 2.43 bits per heavy atom. The van der Waals surface area contributed by atoms with Crippen LogP contribution in [0.3, 0.4) is 0 Å². The third kappa shape index (κ3) is 3.02. The molecule has 0 nitrogen and oxygen atoms in total. The minimum atomic E-state index is 0.638. The lowest BCUT2D eigenvalue weighted by Crippen LogP contribution is -2.01. The van der Waals surface area contributed by atoms with Gasteiger partial charge in [-0.05, 0) is 30.2 Å². The van der Waals surface area contributed by atoms with Crippen LogP contribution in [0, 0.1) is 5.92 Å². The van der Waals surface area contributed by atoms with E-state index in [0.29, 0.717) is 11.8 Å². The molecule has 1 rings (SSSR count). The van der Waals surface area contributed by atoms with Gasteiger partial charge in [-0.2, -0.15) is 0 Å². The molecule has 14 heavy (non-hydrogen) atoms. The van der Waals surface area contributed by atoms with Crippen molar-refractivity contribution in [2.45, 2.75) is 32.6 Å². The van der Waals surface area contributed by atoms with Crippen molar-refractivity contribution >= 4 is 0 Å². The molecule has 0 fully saturated rings. The third-order valence-electron chi connectivity index (χ3n) is 2.88. The van der Waals surface area contributed by atoms with Gasteiger partial charge in [0.05, 0.1) is 0 Å². The van der Waals surface area contributed by atoms with Gasteiger partial charge in [-0.1, -0.05) is 50.3 Å². The number of benzene rings is 1. The molecule has 0 saturated carbocycles. The summed E-state index contributed by atoms with van der Waals surface area (Å²) in [4.78, 5) is 0. The minimum absolute atomic E-state index is 0.638. The van der Waals surface area contributed by atoms with E-state index in [0.717, 1.165) is 0 Å². The SMILES string of the molecule is C=CC(CC)CC(C)c1ccccc1. The fraction of sp³-hybridized carbons (Fsp3) is 0.429. The summed E-state index contributed by atoms with van der Waals surface area (Å²) in [5, 5.41) is 0. The molecule has 0 radical (unpaired) electrons. The first-order chi connectivity index (χ1) is 6.77. The Bertz CT molecular complexity index is 261. The molecule has 0 heteroatoms. The van der Waals surface area contributed by atoms with Gasteiger partial charge in [0.1, 0.15) is 0 Å². The molecule has 2 unspecified atom stereocenters. The third-order valence-corrected chi connectivity index (χ3v) is 2.88. The van der Waals surface area contributed by atoms with E-state index in [1.807, 2.05) is 0 Å². The summed E-state index contributed by atoms with van der Waals surface area (Å²) in [6.07, 6.45) is 4.49. The smallest absolute Gasteiger partial charge is 0.0185 e. The lowest BCUT2D eigenvalue weighted by Gasteiger charge is -2.16. The predicted molar refractivity (Wildman–Crippen MR) is 63.5 cm³/mol. The monoisotopic (exact) mass is 188 g/mol. The van der Waals surface area contributed by atoms with Gasteiger partial charge in [0.25, 0.3) is 0 Å². The Hall–Kier alpha value is -1.04. The second-order valence-electron chi connectivity index (χ2n) is 3.95. The van der Waals surface area contributed by atoms with Gasteiger partial charge in [0.15, 0.2) is 0 Å². The largest absolute Gasteiger partial charge is 0.103 e. The molecular weight excluding hydrogens is 168 g/mol. The number of hydrogen-bond acceptors (Lipinski definition) is 0. The number of rotatable bonds is 5. The topological polar surface area (TPSA) is 0 Å². The van der Waals surface area contributed by atoms with E-state index >= 15 is 0 Å². The van der Waals surface area contributed by atoms with Crippen LogP contribution in [-0.4, -0.2) is 0 Å². The maximum atomic E-state index is 3.88. The molecule has 0 heterocycles. The Kier molecular flexibility index (Phi) is 4.45. The highest BCUT2D eigenvalue weighted by Gasteiger charge is 2.09. The summed E-state index contributed by atoms with van der Waals surface area (Å²) < 4.78 is 0. The summed E-state index contributed by atoms with van der Waals surface area (Å²) in [6, 6.07) is 10.7. The van der Waals surface area contributed by atoms with E-state index in [1.165, 1.54) is 18.4 Å². The van der Waals surface area contributed by atoms with Crippen molar-refractivity contribution in [1.82, 2.24) is 0 Å². The van der Waals surface area contributed by atoms with Crippen molar-refractivity contribution in [3.63, 3.8) is 0 Å². The Morgan fingerprint density at radius 1 is 1.29 bits per heavy atom. The highest BCUT2D eigenvalue weighted by Crippen LogP contribution is 2.25. The van der Waals surface area contributed by atoms with Gasteiger partial charge >= 0.3 is 0 Å². The zero-order valence-corrected chi connectivity index (χ0v) is 9.24. The van der Waals surface area contributed by atoms with E-state index in [1.54, 1.807) is 0 Å². The van der Waals surface area contributed by atoms with Crippen LogP contribution in [0.15, 0.2) is 43.0 Å². The summed E-state index contributed by atoms with van der Waals surface area (Å²) in [6.45, 7) is 8.40. The highest BCUT2D eigenvalue weighted by molar-refractivity contribution is 5.18. The number of hydrogen-bond donors (Lipinski definition) is 0. The standard InChI is InChI=1S/C14H20/c1-4-13(5-2)11-12(3)14-9-7-6-8-10-14/h4,6-10,12-13H,1,5,11H2,2-3H3. The molecule has 0 aliphatic carbocycles. The zero-order valence-electron chi connectivity index (χ0n) is 9.24. The van der Waals surface area contributed by atoms with E-state index < -0.39 is 0 Å². The minimum Gasteiger partial charge on any atom is -0.103 e. The van der Waals surface area contributed by atoms with Crippen molar-refractivity contribution in [2.75, 3.05) is 0 Å². The molecular formula is C14H20. The summed E-state index contributed by atoms with van der Waals surface area (Å²) in [5.74, 6) is 1.30. The Labute approximate surface area is 87.7 Å². The average Bonchev–Trinajstić information content (AvgIpc) is 2.26. The van der Waals surface area contributed by atoms with Crippen LogP contribution >= 0.6 is 0 Å². The van der Waals surface area contributed by atoms with Gasteiger partial charge in [-0.3, -0.25) is 0 Å². The number of allylic oxidation sites excluding steroid dienone is 1. The maximum Gasteiger partial charge on any atom is -0.0185 e.